The quantitative estimate of drug-likeness (QED) is 0.678. The predicted molar refractivity (Wildman–Crippen MR) is 61.7 cm³/mol. The number of fused-ring (bicyclic) bond motifs is 2. The lowest BCUT2D eigenvalue weighted by atomic mass is 9.72. The zero-order valence-corrected chi connectivity index (χ0v) is 10.5. The highest BCUT2D eigenvalue weighted by Gasteiger charge is 2.50. The average molecular weight is 269 g/mol. The largest absolute Gasteiger partial charge is 0.473 e. The lowest BCUT2D eigenvalue weighted by Crippen LogP contribution is -2.63. The Kier molecular flexibility index (Phi) is 3.52. The van der Waals surface area contributed by atoms with E-state index in [2.05, 4.69) is 15.0 Å². The first kappa shape index (κ1) is 13.5. The lowest BCUT2D eigenvalue weighted by molar-refractivity contribution is -0.159. The van der Waals surface area contributed by atoms with Gasteiger partial charge in [-0.3, -0.25) is 0 Å². The number of carbonyl (C=O) groups is 2. The highest BCUT2D eigenvalue weighted by Crippen LogP contribution is 2.41. The van der Waals surface area contributed by atoms with E-state index in [1.165, 1.54) is 19.4 Å². The van der Waals surface area contributed by atoms with Gasteiger partial charge >= 0.3 is 11.9 Å². The molecular weight excluding hydrogens is 254 g/mol. The van der Waals surface area contributed by atoms with Crippen LogP contribution in [0.15, 0.2) is 4.52 Å². The standard InChI is InChI=1S/C9H13N3O.C2H2O4/c1-7-10-8(13-11-7)9-3-2-4-12(5-9)6-9;3-1(4)2(5)6/h2-6H2,1H3;(H,3,4)(H,5,6). The molecule has 3 aliphatic rings. The summed E-state index contributed by atoms with van der Waals surface area (Å²) in [5.74, 6) is -2.03. The van der Waals surface area contributed by atoms with Gasteiger partial charge < -0.3 is 19.6 Å². The molecule has 0 atom stereocenters. The van der Waals surface area contributed by atoms with Crippen molar-refractivity contribution in [2.45, 2.75) is 25.2 Å². The van der Waals surface area contributed by atoms with Gasteiger partial charge in [-0.2, -0.15) is 4.98 Å². The summed E-state index contributed by atoms with van der Waals surface area (Å²) < 4.78 is 5.26. The number of carboxylic acids is 2. The Balaban J connectivity index is 0.000000192. The molecule has 2 N–H and O–H groups in total. The third-order valence-corrected chi connectivity index (χ3v) is 3.35. The Labute approximate surface area is 109 Å². The Morgan fingerprint density at radius 3 is 2.32 bits per heavy atom. The van der Waals surface area contributed by atoms with Crippen molar-refractivity contribution < 1.29 is 24.3 Å². The van der Waals surface area contributed by atoms with E-state index in [1.54, 1.807) is 0 Å². The van der Waals surface area contributed by atoms with Crippen molar-refractivity contribution in [3.8, 4) is 0 Å². The van der Waals surface area contributed by atoms with Crippen LogP contribution in [0.1, 0.15) is 24.6 Å². The van der Waals surface area contributed by atoms with Crippen molar-refractivity contribution in [1.29, 1.82) is 0 Å². The van der Waals surface area contributed by atoms with Crippen LogP contribution in [-0.4, -0.2) is 56.8 Å². The lowest BCUT2D eigenvalue weighted by Gasteiger charge is -2.52. The maximum atomic E-state index is 9.10. The first-order valence-electron chi connectivity index (χ1n) is 5.92. The second kappa shape index (κ2) is 4.96. The monoisotopic (exact) mass is 269 g/mol. The van der Waals surface area contributed by atoms with Crippen molar-refractivity contribution in [2.75, 3.05) is 19.6 Å². The van der Waals surface area contributed by atoms with Crippen LogP contribution in [0.25, 0.3) is 0 Å². The average Bonchev–Trinajstić information content (AvgIpc) is 2.76. The molecule has 2 bridgehead atoms. The predicted octanol–water partition coefficient (Wildman–Crippen LogP) is -0.119. The van der Waals surface area contributed by atoms with Crippen LogP contribution in [0.3, 0.4) is 0 Å². The molecule has 1 aromatic heterocycles. The van der Waals surface area contributed by atoms with Crippen LogP contribution in [0.5, 0.6) is 0 Å². The van der Waals surface area contributed by atoms with Crippen molar-refractivity contribution in [3.63, 3.8) is 0 Å². The van der Waals surface area contributed by atoms with Gasteiger partial charge in [0.05, 0.1) is 5.41 Å². The molecule has 8 nitrogen and oxygen atoms in total. The summed E-state index contributed by atoms with van der Waals surface area (Å²) in [5, 5.41) is 18.6. The minimum Gasteiger partial charge on any atom is -0.473 e. The second-order valence-electron chi connectivity index (χ2n) is 4.85. The van der Waals surface area contributed by atoms with E-state index in [0.717, 1.165) is 24.8 Å². The number of aryl methyl sites for hydroxylation is 1. The number of piperidine rings is 2. The summed E-state index contributed by atoms with van der Waals surface area (Å²) in [4.78, 5) is 25.0. The number of nitrogens with zero attached hydrogens (tertiary/aromatic N) is 3. The van der Waals surface area contributed by atoms with Gasteiger partial charge in [0.25, 0.3) is 0 Å². The summed E-state index contributed by atoms with van der Waals surface area (Å²) in [6.07, 6.45) is 2.48. The summed E-state index contributed by atoms with van der Waals surface area (Å²) in [6.45, 7) is 5.36. The smallest absolute Gasteiger partial charge is 0.414 e. The van der Waals surface area contributed by atoms with Gasteiger partial charge in [-0.25, -0.2) is 9.59 Å². The van der Waals surface area contributed by atoms with Gasteiger partial charge in [-0.15, -0.1) is 0 Å². The van der Waals surface area contributed by atoms with Crippen molar-refractivity contribution in [2.24, 2.45) is 0 Å². The summed E-state index contributed by atoms with van der Waals surface area (Å²) in [6, 6.07) is 0. The Bertz CT molecular complexity index is 475. The van der Waals surface area contributed by atoms with Crippen LogP contribution in [0.2, 0.25) is 0 Å². The Morgan fingerprint density at radius 1 is 1.32 bits per heavy atom. The molecule has 19 heavy (non-hydrogen) atoms. The molecule has 0 aliphatic carbocycles. The van der Waals surface area contributed by atoms with Crippen LogP contribution >= 0.6 is 0 Å². The summed E-state index contributed by atoms with van der Waals surface area (Å²) in [5.41, 5.74) is 0.222. The first-order chi connectivity index (χ1) is 8.93. The minimum atomic E-state index is -1.82. The molecule has 0 radical (unpaired) electrons. The molecule has 8 heteroatoms. The van der Waals surface area contributed by atoms with E-state index in [9.17, 15) is 0 Å². The van der Waals surface area contributed by atoms with Crippen LogP contribution in [-0.2, 0) is 15.0 Å². The molecular formula is C11H15N3O5. The highest BCUT2D eigenvalue weighted by molar-refractivity contribution is 6.27. The number of aromatic nitrogens is 2. The van der Waals surface area contributed by atoms with Crippen LogP contribution in [0.4, 0.5) is 0 Å². The molecule has 4 rings (SSSR count). The maximum Gasteiger partial charge on any atom is 0.414 e. The molecule has 0 saturated carbocycles. The fraction of sp³-hybridized carbons (Fsp3) is 0.636. The fourth-order valence-electron chi connectivity index (χ4n) is 2.52. The van der Waals surface area contributed by atoms with Gasteiger partial charge in [0, 0.05) is 13.1 Å². The van der Waals surface area contributed by atoms with E-state index in [4.69, 9.17) is 24.3 Å². The van der Waals surface area contributed by atoms with E-state index in [-0.39, 0.29) is 5.41 Å². The minimum absolute atomic E-state index is 0.222. The normalized spacial score (nSPS) is 27.7. The first-order valence-corrected chi connectivity index (χ1v) is 5.92. The van der Waals surface area contributed by atoms with Gasteiger partial charge in [-0.1, -0.05) is 5.16 Å². The third kappa shape index (κ3) is 2.73. The summed E-state index contributed by atoms with van der Waals surface area (Å²) >= 11 is 0. The summed E-state index contributed by atoms with van der Waals surface area (Å²) in [7, 11) is 0. The van der Waals surface area contributed by atoms with Crippen molar-refractivity contribution >= 4 is 11.9 Å². The number of carboxylic acid groups (broad SMARTS) is 2. The van der Waals surface area contributed by atoms with E-state index < -0.39 is 11.9 Å². The topological polar surface area (TPSA) is 117 Å². The third-order valence-electron chi connectivity index (χ3n) is 3.35. The molecule has 3 saturated heterocycles. The number of hydrogen-bond acceptors (Lipinski definition) is 6. The van der Waals surface area contributed by atoms with E-state index >= 15 is 0 Å². The number of hydrogen-bond donors (Lipinski definition) is 2. The SMILES string of the molecule is Cc1noc(C23CCCN(C2)C3)n1.O=C(O)C(=O)O. The van der Waals surface area contributed by atoms with Gasteiger partial charge in [-0.05, 0) is 26.3 Å². The van der Waals surface area contributed by atoms with Crippen LogP contribution < -0.4 is 0 Å². The molecule has 104 valence electrons. The number of rotatable bonds is 1. The van der Waals surface area contributed by atoms with Crippen molar-refractivity contribution in [3.05, 3.63) is 11.7 Å². The second-order valence-corrected chi connectivity index (χ2v) is 4.85. The molecule has 1 aromatic rings. The Morgan fingerprint density at radius 2 is 1.95 bits per heavy atom. The molecule has 4 heterocycles. The van der Waals surface area contributed by atoms with Gasteiger partial charge in [0.2, 0.25) is 5.89 Å². The van der Waals surface area contributed by atoms with Crippen LogP contribution in [0, 0.1) is 6.92 Å². The number of aliphatic carboxylic acids is 2. The van der Waals surface area contributed by atoms with Crippen molar-refractivity contribution in [1.82, 2.24) is 15.0 Å². The molecule has 3 aliphatic heterocycles. The fourth-order valence-corrected chi connectivity index (χ4v) is 2.52. The Hall–Kier alpha value is -1.96. The molecule has 0 aromatic carbocycles. The zero-order chi connectivity index (χ0) is 14.0. The molecule has 0 unspecified atom stereocenters. The molecule has 0 spiro atoms. The zero-order valence-electron chi connectivity index (χ0n) is 10.5. The molecule has 3 fully saturated rings. The van der Waals surface area contributed by atoms with E-state index in [0.29, 0.717) is 0 Å². The highest BCUT2D eigenvalue weighted by atomic mass is 16.5. The molecule has 0 amide bonds. The van der Waals surface area contributed by atoms with Gasteiger partial charge in [0.1, 0.15) is 0 Å². The van der Waals surface area contributed by atoms with Gasteiger partial charge in [0.15, 0.2) is 5.82 Å². The maximum absolute atomic E-state index is 9.10. The van der Waals surface area contributed by atoms with E-state index in [1.807, 2.05) is 6.92 Å².